The second kappa shape index (κ2) is 7.73. The van der Waals surface area contributed by atoms with Gasteiger partial charge in [0, 0.05) is 25.8 Å². The molecule has 0 spiro atoms. The van der Waals surface area contributed by atoms with E-state index in [0.29, 0.717) is 26.3 Å². The summed E-state index contributed by atoms with van der Waals surface area (Å²) in [6.07, 6.45) is 1.87. The molecule has 114 valence electrons. The molecular weight excluding hydrogens is 260 g/mol. The Morgan fingerprint density at radius 2 is 2.45 bits per heavy atom. The van der Waals surface area contributed by atoms with Crippen LogP contribution in [-0.2, 0) is 16.0 Å². The molecule has 1 aliphatic rings. The second-order valence-electron chi connectivity index (χ2n) is 5.45. The molecule has 0 unspecified atom stereocenters. The normalized spacial score (nSPS) is 20.7. The van der Waals surface area contributed by atoms with Crippen molar-refractivity contribution < 1.29 is 19.1 Å². The Labute approximate surface area is 119 Å². The molecule has 0 aromatic carbocycles. The van der Waals surface area contributed by atoms with E-state index in [1.165, 1.54) is 0 Å². The molecule has 1 fully saturated rings. The van der Waals surface area contributed by atoms with Gasteiger partial charge in [0.1, 0.15) is 5.76 Å². The van der Waals surface area contributed by atoms with E-state index >= 15 is 0 Å². The SMILES string of the molecule is Cc1cc(CN(C)C[C@@H](O)COC[C@H]2CCCO2)no1. The number of hydrogen-bond acceptors (Lipinski definition) is 6. The minimum atomic E-state index is -0.505. The summed E-state index contributed by atoms with van der Waals surface area (Å²) in [5.41, 5.74) is 0.873. The lowest BCUT2D eigenvalue weighted by Gasteiger charge is -2.20. The number of aliphatic hydroxyl groups excluding tert-OH is 1. The zero-order chi connectivity index (χ0) is 14.4. The van der Waals surface area contributed by atoms with Crippen LogP contribution in [-0.4, -0.2) is 60.8 Å². The van der Waals surface area contributed by atoms with Crippen molar-refractivity contribution in [3.8, 4) is 0 Å². The third-order valence-corrected chi connectivity index (χ3v) is 3.27. The highest BCUT2D eigenvalue weighted by Crippen LogP contribution is 2.12. The Hall–Kier alpha value is -0.950. The van der Waals surface area contributed by atoms with Crippen LogP contribution in [0.5, 0.6) is 0 Å². The van der Waals surface area contributed by atoms with Crippen molar-refractivity contribution >= 4 is 0 Å². The van der Waals surface area contributed by atoms with E-state index in [9.17, 15) is 5.11 Å². The first-order valence-electron chi connectivity index (χ1n) is 7.11. The third kappa shape index (κ3) is 5.20. The van der Waals surface area contributed by atoms with Crippen molar-refractivity contribution in [1.29, 1.82) is 0 Å². The first-order valence-corrected chi connectivity index (χ1v) is 7.11. The van der Waals surface area contributed by atoms with E-state index in [0.717, 1.165) is 30.9 Å². The van der Waals surface area contributed by atoms with Crippen molar-refractivity contribution in [2.45, 2.75) is 38.5 Å². The van der Waals surface area contributed by atoms with Gasteiger partial charge in [-0.1, -0.05) is 5.16 Å². The Kier molecular flexibility index (Phi) is 5.97. The molecule has 1 aliphatic heterocycles. The van der Waals surface area contributed by atoms with Crippen molar-refractivity contribution in [2.75, 3.05) is 33.4 Å². The van der Waals surface area contributed by atoms with Crippen molar-refractivity contribution in [2.24, 2.45) is 0 Å². The minimum absolute atomic E-state index is 0.207. The zero-order valence-corrected chi connectivity index (χ0v) is 12.2. The largest absolute Gasteiger partial charge is 0.389 e. The van der Waals surface area contributed by atoms with Crippen LogP contribution in [0.25, 0.3) is 0 Å². The van der Waals surface area contributed by atoms with Crippen molar-refractivity contribution in [3.05, 3.63) is 17.5 Å². The fourth-order valence-electron chi connectivity index (χ4n) is 2.36. The summed E-state index contributed by atoms with van der Waals surface area (Å²) in [5, 5.41) is 13.9. The molecule has 2 atom stereocenters. The molecule has 0 radical (unpaired) electrons. The number of nitrogens with zero attached hydrogens (tertiary/aromatic N) is 2. The van der Waals surface area contributed by atoms with Gasteiger partial charge in [-0.2, -0.15) is 0 Å². The van der Waals surface area contributed by atoms with E-state index in [4.69, 9.17) is 14.0 Å². The molecule has 6 nitrogen and oxygen atoms in total. The molecule has 1 N–H and O–H groups in total. The molecule has 2 rings (SSSR count). The Bertz CT molecular complexity index is 390. The van der Waals surface area contributed by atoms with Gasteiger partial charge < -0.3 is 19.1 Å². The van der Waals surface area contributed by atoms with Gasteiger partial charge in [-0.15, -0.1) is 0 Å². The number of aromatic nitrogens is 1. The highest BCUT2D eigenvalue weighted by atomic mass is 16.5. The first kappa shape index (κ1) is 15.4. The van der Waals surface area contributed by atoms with E-state index in [-0.39, 0.29) is 6.10 Å². The van der Waals surface area contributed by atoms with Gasteiger partial charge in [0.25, 0.3) is 0 Å². The fourth-order valence-corrected chi connectivity index (χ4v) is 2.36. The summed E-state index contributed by atoms with van der Waals surface area (Å²) < 4.78 is 16.0. The quantitative estimate of drug-likeness (QED) is 0.767. The summed E-state index contributed by atoms with van der Waals surface area (Å²) in [5.74, 6) is 0.800. The summed E-state index contributed by atoms with van der Waals surface area (Å²) in [7, 11) is 1.94. The van der Waals surface area contributed by atoms with Gasteiger partial charge in [0.15, 0.2) is 0 Å². The lowest BCUT2D eigenvalue weighted by Crippen LogP contribution is -2.32. The van der Waals surface area contributed by atoms with Gasteiger partial charge in [-0.3, -0.25) is 4.90 Å². The van der Waals surface area contributed by atoms with Crippen LogP contribution in [0.1, 0.15) is 24.3 Å². The molecule has 0 aliphatic carbocycles. The molecule has 1 saturated heterocycles. The average molecular weight is 284 g/mol. The number of aliphatic hydroxyl groups is 1. The third-order valence-electron chi connectivity index (χ3n) is 3.27. The predicted molar refractivity (Wildman–Crippen MR) is 73.4 cm³/mol. The summed E-state index contributed by atoms with van der Waals surface area (Å²) in [6, 6.07) is 1.90. The monoisotopic (exact) mass is 284 g/mol. The minimum Gasteiger partial charge on any atom is -0.389 e. The standard InChI is InChI=1S/C14H24N2O4/c1-11-6-12(15-20-11)7-16(2)8-13(17)9-18-10-14-4-3-5-19-14/h6,13-14,17H,3-5,7-10H2,1-2H3/t13-,14-/m1/s1. The smallest absolute Gasteiger partial charge is 0.133 e. The van der Waals surface area contributed by atoms with Crippen LogP contribution >= 0.6 is 0 Å². The first-order chi connectivity index (χ1) is 9.63. The van der Waals surface area contributed by atoms with Crippen LogP contribution in [0.4, 0.5) is 0 Å². The second-order valence-corrected chi connectivity index (χ2v) is 5.45. The van der Waals surface area contributed by atoms with Crippen LogP contribution < -0.4 is 0 Å². The summed E-state index contributed by atoms with van der Waals surface area (Å²) in [6.45, 7) is 4.80. The highest BCUT2D eigenvalue weighted by molar-refractivity contribution is 5.03. The van der Waals surface area contributed by atoms with Gasteiger partial charge in [-0.05, 0) is 26.8 Å². The Balaban J connectivity index is 1.59. The molecule has 0 saturated carbocycles. The lowest BCUT2D eigenvalue weighted by molar-refractivity contribution is -0.0239. The number of aryl methyl sites for hydroxylation is 1. The molecule has 2 heterocycles. The number of hydrogen-bond donors (Lipinski definition) is 1. The molecule has 6 heteroatoms. The van der Waals surface area contributed by atoms with Gasteiger partial charge in [0.2, 0.25) is 0 Å². The van der Waals surface area contributed by atoms with Crippen LogP contribution in [0.15, 0.2) is 10.6 Å². The zero-order valence-electron chi connectivity index (χ0n) is 12.2. The summed E-state index contributed by atoms with van der Waals surface area (Å²) >= 11 is 0. The maximum absolute atomic E-state index is 9.93. The predicted octanol–water partition coefficient (Wildman–Crippen LogP) is 0.971. The topological polar surface area (TPSA) is 68.0 Å². The molecule has 20 heavy (non-hydrogen) atoms. The Morgan fingerprint density at radius 1 is 1.60 bits per heavy atom. The van der Waals surface area contributed by atoms with E-state index < -0.39 is 6.10 Å². The molecule has 0 bridgehead atoms. The maximum Gasteiger partial charge on any atom is 0.133 e. The van der Waals surface area contributed by atoms with Gasteiger partial charge in [-0.25, -0.2) is 0 Å². The number of likely N-dealkylation sites (N-methyl/N-ethyl adjacent to an activating group) is 1. The van der Waals surface area contributed by atoms with E-state index in [2.05, 4.69) is 5.16 Å². The van der Waals surface area contributed by atoms with Crippen LogP contribution in [0.3, 0.4) is 0 Å². The van der Waals surface area contributed by atoms with E-state index in [1.807, 2.05) is 24.9 Å². The average Bonchev–Trinajstić information content (AvgIpc) is 3.01. The molecule has 1 aromatic rings. The van der Waals surface area contributed by atoms with Crippen molar-refractivity contribution in [3.63, 3.8) is 0 Å². The van der Waals surface area contributed by atoms with Gasteiger partial charge in [0.05, 0.1) is 31.1 Å². The molecule has 0 amide bonds. The van der Waals surface area contributed by atoms with Crippen LogP contribution in [0.2, 0.25) is 0 Å². The van der Waals surface area contributed by atoms with Crippen molar-refractivity contribution in [1.82, 2.24) is 10.1 Å². The van der Waals surface area contributed by atoms with Gasteiger partial charge >= 0.3 is 0 Å². The Morgan fingerprint density at radius 3 is 3.10 bits per heavy atom. The van der Waals surface area contributed by atoms with Crippen LogP contribution in [0, 0.1) is 6.92 Å². The lowest BCUT2D eigenvalue weighted by atomic mass is 10.2. The molecular formula is C14H24N2O4. The number of ether oxygens (including phenoxy) is 2. The number of rotatable bonds is 8. The summed E-state index contributed by atoms with van der Waals surface area (Å²) in [4.78, 5) is 2.00. The van der Waals surface area contributed by atoms with E-state index in [1.54, 1.807) is 0 Å². The maximum atomic E-state index is 9.93. The molecule has 1 aromatic heterocycles. The fraction of sp³-hybridized carbons (Fsp3) is 0.786. The highest BCUT2D eigenvalue weighted by Gasteiger charge is 2.16.